The smallest absolute Gasteiger partial charge is 0.267 e. The Morgan fingerprint density at radius 2 is 2.14 bits per heavy atom. The van der Waals surface area contributed by atoms with Crippen LogP contribution in [0.15, 0.2) is 18.3 Å². The third-order valence-electron chi connectivity index (χ3n) is 4.60. The lowest BCUT2D eigenvalue weighted by atomic mass is 9.89. The zero-order valence-corrected chi connectivity index (χ0v) is 12.3. The second-order valence-electron chi connectivity index (χ2n) is 6.26. The van der Waals surface area contributed by atoms with Crippen molar-refractivity contribution in [3.8, 4) is 0 Å². The average Bonchev–Trinajstić information content (AvgIpc) is 3.11. The van der Waals surface area contributed by atoms with E-state index in [2.05, 4.69) is 10.3 Å². The van der Waals surface area contributed by atoms with Crippen molar-refractivity contribution in [2.24, 2.45) is 5.92 Å². The van der Waals surface area contributed by atoms with Gasteiger partial charge in [-0.2, -0.15) is 0 Å². The molecule has 1 saturated heterocycles. The Morgan fingerprint density at radius 1 is 1.33 bits per heavy atom. The summed E-state index contributed by atoms with van der Waals surface area (Å²) in [6, 6.07) is 3.48. The van der Waals surface area contributed by atoms with Gasteiger partial charge in [-0.1, -0.05) is 19.3 Å². The molecule has 114 valence electrons. The van der Waals surface area contributed by atoms with Crippen LogP contribution in [0, 0.1) is 5.92 Å². The van der Waals surface area contributed by atoms with Crippen LogP contribution in [0.2, 0.25) is 0 Å². The fourth-order valence-corrected chi connectivity index (χ4v) is 3.46. The predicted molar refractivity (Wildman–Crippen MR) is 79.8 cm³/mol. The van der Waals surface area contributed by atoms with Crippen LogP contribution in [-0.2, 0) is 4.79 Å². The molecular formula is C16H23N3O2. The second-order valence-corrected chi connectivity index (χ2v) is 6.26. The minimum absolute atomic E-state index is 0.0584. The minimum Gasteiger partial charge on any atom is -0.357 e. The van der Waals surface area contributed by atoms with Crippen LogP contribution in [0.5, 0.6) is 0 Å². The molecule has 1 saturated carbocycles. The summed E-state index contributed by atoms with van der Waals surface area (Å²) in [5.41, 5.74) is 0.549. The van der Waals surface area contributed by atoms with Gasteiger partial charge in [0.15, 0.2) is 0 Å². The van der Waals surface area contributed by atoms with Gasteiger partial charge >= 0.3 is 0 Å². The third kappa shape index (κ3) is 3.46. The summed E-state index contributed by atoms with van der Waals surface area (Å²) < 4.78 is 0. The number of amides is 2. The van der Waals surface area contributed by atoms with Gasteiger partial charge in [0.25, 0.3) is 5.91 Å². The van der Waals surface area contributed by atoms with Gasteiger partial charge in [-0.25, -0.2) is 0 Å². The molecule has 0 spiro atoms. The molecular weight excluding hydrogens is 266 g/mol. The Bertz CT molecular complexity index is 492. The lowest BCUT2D eigenvalue weighted by molar-refractivity contribution is -0.128. The summed E-state index contributed by atoms with van der Waals surface area (Å²) in [6.07, 6.45) is 8.55. The fraction of sp³-hybridized carbons (Fsp3) is 0.625. The number of H-pyrrole nitrogens is 1. The Morgan fingerprint density at radius 3 is 2.86 bits per heavy atom. The van der Waals surface area contributed by atoms with Gasteiger partial charge in [0.2, 0.25) is 5.91 Å². The van der Waals surface area contributed by atoms with Crippen molar-refractivity contribution in [1.29, 1.82) is 0 Å². The topological polar surface area (TPSA) is 65.2 Å². The molecule has 21 heavy (non-hydrogen) atoms. The SMILES string of the molecule is O=C(N[C@H]1CC(=O)N(CC2CCCCC2)C1)c1ccc[nH]1. The standard InChI is InChI=1S/C16H23N3O2/c20-15-9-13(18-16(21)14-7-4-8-17-14)11-19(15)10-12-5-2-1-3-6-12/h4,7-8,12-13,17H,1-3,5-6,9-11H2,(H,18,21)/t13-/m0/s1. The van der Waals surface area contributed by atoms with E-state index < -0.39 is 0 Å². The van der Waals surface area contributed by atoms with E-state index in [1.165, 1.54) is 32.1 Å². The number of rotatable bonds is 4. The monoisotopic (exact) mass is 289 g/mol. The van der Waals surface area contributed by atoms with Gasteiger partial charge in [-0.15, -0.1) is 0 Å². The molecule has 1 aliphatic heterocycles. The molecule has 2 fully saturated rings. The van der Waals surface area contributed by atoms with Gasteiger partial charge in [0, 0.05) is 25.7 Å². The van der Waals surface area contributed by atoms with E-state index >= 15 is 0 Å². The molecule has 2 N–H and O–H groups in total. The van der Waals surface area contributed by atoms with Crippen molar-refractivity contribution in [1.82, 2.24) is 15.2 Å². The number of likely N-dealkylation sites (tertiary alicyclic amines) is 1. The first-order chi connectivity index (χ1) is 10.2. The molecule has 1 aliphatic carbocycles. The number of hydrogen-bond donors (Lipinski definition) is 2. The quantitative estimate of drug-likeness (QED) is 0.889. The summed E-state index contributed by atoms with van der Waals surface area (Å²) in [7, 11) is 0. The lowest BCUT2D eigenvalue weighted by Gasteiger charge is -2.27. The molecule has 5 heteroatoms. The molecule has 0 radical (unpaired) electrons. The van der Waals surface area contributed by atoms with E-state index in [9.17, 15) is 9.59 Å². The zero-order chi connectivity index (χ0) is 14.7. The molecule has 5 nitrogen and oxygen atoms in total. The minimum atomic E-state index is -0.127. The summed E-state index contributed by atoms with van der Waals surface area (Å²) >= 11 is 0. The molecule has 0 unspecified atom stereocenters. The number of nitrogens with one attached hydrogen (secondary N) is 2. The Hall–Kier alpha value is -1.78. The average molecular weight is 289 g/mol. The Labute approximate surface area is 125 Å². The molecule has 2 aliphatic rings. The van der Waals surface area contributed by atoms with Gasteiger partial charge < -0.3 is 15.2 Å². The van der Waals surface area contributed by atoms with Crippen LogP contribution in [-0.4, -0.2) is 40.8 Å². The first kappa shape index (κ1) is 14.2. The van der Waals surface area contributed by atoms with Crippen LogP contribution >= 0.6 is 0 Å². The molecule has 1 aromatic rings. The summed E-state index contributed by atoms with van der Waals surface area (Å²) in [6.45, 7) is 1.52. The number of aromatic amines is 1. The molecule has 1 atom stereocenters. The van der Waals surface area contributed by atoms with E-state index in [-0.39, 0.29) is 17.9 Å². The highest BCUT2D eigenvalue weighted by Gasteiger charge is 2.32. The first-order valence-electron chi connectivity index (χ1n) is 7.94. The maximum Gasteiger partial charge on any atom is 0.267 e. The second kappa shape index (κ2) is 6.33. The Kier molecular flexibility index (Phi) is 4.27. The van der Waals surface area contributed by atoms with Crippen LogP contribution in [0.25, 0.3) is 0 Å². The number of carbonyl (C=O) groups excluding carboxylic acids is 2. The summed E-state index contributed by atoms with van der Waals surface area (Å²) in [5, 5.41) is 2.95. The predicted octanol–water partition coefficient (Wildman–Crippen LogP) is 1.93. The maximum atomic E-state index is 12.1. The number of hydrogen-bond acceptors (Lipinski definition) is 2. The van der Waals surface area contributed by atoms with Crippen LogP contribution in [0.1, 0.15) is 49.0 Å². The largest absolute Gasteiger partial charge is 0.357 e. The molecule has 2 amide bonds. The maximum absolute atomic E-state index is 12.1. The third-order valence-corrected chi connectivity index (χ3v) is 4.60. The fourth-order valence-electron chi connectivity index (χ4n) is 3.46. The molecule has 3 rings (SSSR count). The number of nitrogens with zero attached hydrogens (tertiary/aromatic N) is 1. The normalized spacial score (nSPS) is 23.5. The van der Waals surface area contributed by atoms with Gasteiger partial charge in [0.05, 0.1) is 6.04 Å². The van der Waals surface area contributed by atoms with E-state index in [4.69, 9.17) is 0 Å². The zero-order valence-electron chi connectivity index (χ0n) is 12.3. The summed E-state index contributed by atoms with van der Waals surface area (Å²) in [5.74, 6) is 0.704. The van der Waals surface area contributed by atoms with Crippen molar-refractivity contribution in [2.75, 3.05) is 13.1 Å². The molecule has 2 heterocycles. The van der Waals surface area contributed by atoms with Crippen LogP contribution in [0.3, 0.4) is 0 Å². The van der Waals surface area contributed by atoms with Gasteiger partial charge in [-0.05, 0) is 30.9 Å². The van der Waals surface area contributed by atoms with Crippen molar-refractivity contribution in [3.05, 3.63) is 24.0 Å². The van der Waals surface area contributed by atoms with Gasteiger partial charge in [-0.3, -0.25) is 9.59 Å². The highest BCUT2D eigenvalue weighted by molar-refractivity contribution is 5.93. The summed E-state index contributed by atoms with van der Waals surface area (Å²) in [4.78, 5) is 28.9. The molecule has 1 aromatic heterocycles. The van der Waals surface area contributed by atoms with Crippen molar-refractivity contribution >= 4 is 11.8 Å². The van der Waals surface area contributed by atoms with Crippen LogP contribution < -0.4 is 5.32 Å². The van der Waals surface area contributed by atoms with E-state index in [1.54, 1.807) is 18.3 Å². The van der Waals surface area contributed by atoms with Gasteiger partial charge in [0.1, 0.15) is 5.69 Å². The molecule has 0 aromatic carbocycles. The van der Waals surface area contributed by atoms with Crippen molar-refractivity contribution in [2.45, 2.75) is 44.6 Å². The van der Waals surface area contributed by atoms with E-state index in [0.717, 1.165) is 6.54 Å². The van der Waals surface area contributed by atoms with Crippen LogP contribution in [0.4, 0.5) is 0 Å². The van der Waals surface area contributed by atoms with Crippen molar-refractivity contribution in [3.63, 3.8) is 0 Å². The van der Waals surface area contributed by atoms with E-state index in [0.29, 0.717) is 24.6 Å². The van der Waals surface area contributed by atoms with Crippen molar-refractivity contribution < 1.29 is 9.59 Å². The van der Waals surface area contributed by atoms with E-state index in [1.807, 2.05) is 4.90 Å². The Balaban J connectivity index is 1.51. The lowest BCUT2D eigenvalue weighted by Crippen LogP contribution is -2.38. The highest BCUT2D eigenvalue weighted by atomic mass is 16.2. The number of carbonyl (C=O) groups is 2. The number of aromatic nitrogens is 1. The first-order valence-corrected chi connectivity index (χ1v) is 7.94. The molecule has 0 bridgehead atoms. The highest BCUT2D eigenvalue weighted by Crippen LogP contribution is 2.26.